The van der Waals surface area contributed by atoms with Crippen LogP contribution in [0.1, 0.15) is 29.9 Å². The molecule has 3 fully saturated rings. The smallest absolute Gasteiger partial charge is 0.314 e. The minimum absolute atomic E-state index is 0.0349. The van der Waals surface area contributed by atoms with Gasteiger partial charge >= 0.3 is 5.97 Å². The van der Waals surface area contributed by atoms with Crippen molar-refractivity contribution in [2.24, 2.45) is 11.3 Å². The van der Waals surface area contributed by atoms with Crippen molar-refractivity contribution in [3.63, 3.8) is 0 Å². The van der Waals surface area contributed by atoms with Crippen LogP contribution in [0.25, 0.3) is 0 Å². The Morgan fingerprint density at radius 3 is 2.32 bits per heavy atom. The standard InChI is InChI=1S/C20H18O2/c21-18-20-16(14-7-3-1-4-8-14)11-12-17(20)19(20,13-22-18)15-9-5-2-6-10-15/h1-10,16-17H,11-13H2/t16-,17-,19+,20-/m0/s1. The summed E-state index contributed by atoms with van der Waals surface area (Å²) >= 11 is 0. The normalized spacial score (nSPS) is 38.3. The second-order valence-corrected chi connectivity index (χ2v) is 6.88. The third-order valence-electron chi connectivity index (χ3n) is 6.35. The Kier molecular flexibility index (Phi) is 2.27. The van der Waals surface area contributed by atoms with Crippen molar-refractivity contribution in [3.8, 4) is 0 Å². The Bertz CT molecular complexity index is 739. The molecule has 2 saturated carbocycles. The fourth-order valence-corrected chi connectivity index (χ4v) is 5.59. The SMILES string of the molecule is O=C1OC[C@@]2(c3ccccc3)[C@@H]3CC[C@@H](c4ccccc4)[C@@]132. The molecule has 0 unspecified atom stereocenters. The van der Waals surface area contributed by atoms with Gasteiger partial charge in [-0.15, -0.1) is 0 Å². The number of ether oxygens (including phenoxy) is 1. The van der Waals surface area contributed by atoms with Crippen molar-refractivity contribution in [1.29, 1.82) is 0 Å². The molecule has 0 radical (unpaired) electrons. The molecule has 4 atom stereocenters. The maximum atomic E-state index is 12.8. The summed E-state index contributed by atoms with van der Waals surface area (Å²) in [5, 5.41) is 0. The molecule has 0 bridgehead atoms. The van der Waals surface area contributed by atoms with E-state index in [0.29, 0.717) is 18.4 Å². The van der Waals surface area contributed by atoms with Gasteiger partial charge in [-0.25, -0.2) is 0 Å². The molecule has 2 nitrogen and oxygen atoms in total. The van der Waals surface area contributed by atoms with Crippen molar-refractivity contribution in [1.82, 2.24) is 0 Å². The second kappa shape index (κ2) is 4.01. The third-order valence-corrected chi connectivity index (χ3v) is 6.35. The first-order chi connectivity index (χ1) is 10.8. The van der Waals surface area contributed by atoms with E-state index in [1.807, 2.05) is 12.1 Å². The number of cyclic esters (lactones) is 1. The number of esters is 1. The van der Waals surface area contributed by atoms with Gasteiger partial charge in [0.25, 0.3) is 0 Å². The number of hydrogen-bond acceptors (Lipinski definition) is 2. The number of carbonyl (C=O) groups excluding carboxylic acids is 1. The van der Waals surface area contributed by atoms with E-state index in [1.54, 1.807) is 0 Å². The number of rotatable bonds is 2. The molecule has 110 valence electrons. The largest absolute Gasteiger partial charge is 0.464 e. The summed E-state index contributed by atoms with van der Waals surface area (Å²) in [6.45, 7) is 0.559. The van der Waals surface area contributed by atoms with Crippen LogP contribution in [0.5, 0.6) is 0 Å². The lowest BCUT2D eigenvalue weighted by Gasteiger charge is -2.24. The zero-order valence-corrected chi connectivity index (χ0v) is 12.4. The van der Waals surface area contributed by atoms with E-state index in [9.17, 15) is 4.79 Å². The van der Waals surface area contributed by atoms with Gasteiger partial charge in [0.05, 0.1) is 10.8 Å². The summed E-state index contributed by atoms with van der Waals surface area (Å²) in [4.78, 5) is 12.8. The average Bonchev–Trinajstić information content (AvgIpc) is 2.85. The molecule has 2 aliphatic carbocycles. The van der Waals surface area contributed by atoms with Gasteiger partial charge in [-0.3, -0.25) is 4.79 Å². The molecule has 0 amide bonds. The van der Waals surface area contributed by atoms with E-state index >= 15 is 0 Å². The predicted molar refractivity (Wildman–Crippen MR) is 83.4 cm³/mol. The highest BCUT2D eigenvalue weighted by molar-refractivity contribution is 5.91. The number of benzene rings is 2. The molecule has 2 aromatic rings. The Morgan fingerprint density at radius 2 is 1.59 bits per heavy atom. The maximum Gasteiger partial charge on any atom is 0.314 e. The van der Waals surface area contributed by atoms with Crippen LogP contribution in [0.4, 0.5) is 0 Å². The molecule has 2 heteroatoms. The molecule has 0 N–H and O–H groups in total. The first-order valence-corrected chi connectivity index (χ1v) is 8.09. The Balaban J connectivity index is 1.67. The highest BCUT2D eigenvalue weighted by atomic mass is 16.5. The van der Waals surface area contributed by atoms with E-state index in [1.165, 1.54) is 11.1 Å². The van der Waals surface area contributed by atoms with Crippen LogP contribution >= 0.6 is 0 Å². The summed E-state index contributed by atoms with van der Waals surface area (Å²) in [5.74, 6) is 0.787. The van der Waals surface area contributed by atoms with Crippen LogP contribution in [-0.4, -0.2) is 12.6 Å². The Morgan fingerprint density at radius 1 is 0.909 bits per heavy atom. The lowest BCUT2D eigenvalue weighted by Crippen LogP contribution is -2.26. The van der Waals surface area contributed by atoms with Gasteiger partial charge in [-0.05, 0) is 29.9 Å². The Hall–Kier alpha value is -2.09. The first kappa shape index (κ1) is 12.5. The van der Waals surface area contributed by atoms with Crippen LogP contribution in [0.15, 0.2) is 60.7 Å². The topological polar surface area (TPSA) is 26.3 Å². The van der Waals surface area contributed by atoms with Crippen molar-refractivity contribution >= 4 is 5.97 Å². The molecule has 0 aromatic heterocycles. The first-order valence-electron chi connectivity index (χ1n) is 8.09. The van der Waals surface area contributed by atoms with Crippen LogP contribution in [0.3, 0.4) is 0 Å². The van der Waals surface area contributed by atoms with Gasteiger partial charge in [-0.2, -0.15) is 0 Å². The maximum absolute atomic E-state index is 12.8. The zero-order chi connectivity index (χ0) is 14.8. The van der Waals surface area contributed by atoms with Crippen LogP contribution in [-0.2, 0) is 14.9 Å². The van der Waals surface area contributed by atoms with Crippen molar-refractivity contribution in [2.75, 3.05) is 6.61 Å². The molecular weight excluding hydrogens is 272 g/mol. The second-order valence-electron chi connectivity index (χ2n) is 6.88. The monoisotopic (exact) mass is 290 g/mol. The zero-order valence-electron chi connectivity index (χ0n) is 12.4. The highest BCUT2D eigenvalue weighted by Gasteiger charge is 2.89. The van der Waals surface area contributed by atoms with Crippen LogP contribution in [0.2, 0.25) is 0 Å². The predicted octanol–water partition coefficient (Wildman–Crippen LogP) is 3.68. The molecule has 1 spiro atoms. The van der Waals surface area contributed by atoms with Crippen molar-refractivity contribution < 1.29 is 9.53 Å². The van der Waals surface area contributed by atoms with E-state index in [-0.39, 0.29) is 16.8 Å². The quantitative estimate of drug-likeness (QED) is 0.789. The van der Waals surface area contributed by atoms with E-state index in [4.69, 9.17) is 4.74 Å². The third kappa shape index (κ3) is 1.18. The molecule has 2 aromatic carbocycles. The van der Waals surface area contributed by atoms with Gasteiger partial charge in [-0.1, -0.05) is 60.7 Å². The fourth-order valence-electron chi connectivity index (χ4n) is 5.59. The molecular formula is C20H18O2. The summed E-state index contributed by atoms with van der Waals surface area (Å²) < 4.78 is 5.59. The minimum atomic E-state index is -0.310. The molecule has 3 aliphatic rings. The molecule has 1 saturated heterocycles. The molecule has 5 rings (SSSR count). The number of carbonyl (C=O) groups is 1. The summed E-state index contributed by atoms with van der Waals surface area (Å²) in [6.07, 6.45) is 2.22. The lowest BCUT2D eigenvalue weighted by molar-refractivity contribution is -0.145. The summed E-state index contributed by atoms with van der Waals surface area (Å²) in [6, 6.07) is 21.1. The van der Waals surface area contributed by atoms with E-state index in [2.05, 4.69) is 48.5 Å². The number of hydrogen-bond donors (Lipinski definition) is 0. The minimum Gasteiger partial charge on any atom is -0.464 e. The van der Waals surface area contributed by atoms with Crippen molar-refractivity contribution in [3.05, 3.63) is 71.8 Å². The number of fused-ring (bicyclic) bond motifs is 1. The molecule has 22 heavy (non-hydrogen) atoms. The van der Waals surface area contributed by atoms with Gasteiger partial charge in [0, 0.05) is 5.92 Å². The van der Waals surface area contributed by atoms with Crippen LogP contribution < -0.4 is 0 Å². The lowest BCUT2D eigenvalue weighted by atomic mass is 9.75. The fraction of sp³-hybridized carbons (Fsp3) is 0.350. The van der Waals surface area contributed by atoms with Gasteiger partial charge in [0.15, 0.2) is 0 Å². The van der Waals surface area contributed by atoms with Gasteiger partial charge in [0.1, 0.15) is 6.61 Å². The molecule has 1 aliphatic heterocycles. The van der Waals surface area contributed by atoms with Crippen molar-refractivity contribution in [2.45, 2.75) is 24.2 Å². The van der Waals surface area contributed by atoms with Gasteiger partial charge < -0.3 is 4.74 Å². The molecule has 1 heterocycles. The van der Waals surface area contributed by atoms with Gasteiger partial charge in [0.2, 0.25) is 0 Å². The Labute approximate surface area is 130 Å². The average molecular weight is 290 g/mol. The van der Waals surface area contributed by atoms with E-state index in [0.717, 1.165) is 12.8 Å². The summed E-state index contributed by atoms with van der Waals surface area (Å²) in [7, 11) is 0. The highest BCUT2D eigenvalue weighted by Crippen LogP contribution is 2.83. The van der Waals surface area contributed by atoms with Crippen LogP contribution in [0, 0.1) is 11.3 Å². The van der Waals surface area contributed by atoms with E-state index < -0.39 is 0 Å². The summed E-state index contributed by atoms with van der Waals surface area (Å²) in [5.41, 5.74) is 2.19.